The zero-order chi connectivity index (χ0) is 16.0. The fraction of sp³-hybridized carbons (Fsp3) is 0.684. The first-order chi connectivity index (χ1) is 11.1. The maximum atomic E-state index is 12.7. The predicted octanol–water partition coefficient (Wildman–Crippen LogP) is 3.66. The Balaban J connectivity index is 1.47. The zero-order valence-electron chi connectivity index (χ0n) is 13.8. The van der Waals surface area contributed by atoms with Crippen LogP contribution in [-0.2, 0) is 6.42 Å². The van der Waals surface area contributed by atoms with Gasteiger partial charge in [0, 0.05) is 19.4 Å². The SMILES string of the molecule is Cc1oc2c(c1C(=O)NC[C@H]1CC[C@@H]3CCC[C@@H]31)C(=O)CCC2. The van der Waals surface area contributed by atoms with Crippen LogP contribution < -0.4 is 5.32 Å². The van der Waals surface area contributed by atoms with Crippen LogP contribution in [0.15, 0.2) is 4.42 Å². The molecule has 0 spiro atoms. The van der Waals surface area contributed by atoms with E-state index < -0.39 is 0 Å². The van der Waals surface area contributed by atoms with E-state index in [0.717, 1.165) is 31.2 Å². The molecule has 0 aliphatic heterocycles. The highest BCUT2D eigenvalue weighted by Gasteiger charge is 2.39. The Morgan fingerprint density at radius 1 is 1.17 bits per heavy atom. The average Bonchev–Trinajstić information content (AvgIpc) is 3.19. The number of hydrogen-bond donors (Lipinski definition) is 1. The summed E-state index contributed by atoms with van der Waals surface area (Å²) in [6.45, 7) is 2.54. The molecule has 4 nitrogen and oxygen atoms in total. The molecule has 0 radical (unpaired) electrons. The highest BCUT2D eigenvalue weighted by atomic mass is 16.3. The van der Waals surface area contributed by atoms with Crippen LogP contribution in [0, 0.1) is 24.7 Å². The molecule has 4 heteroatoms. The van der Waals surface area contributed by atoms with Crippen molar-refractivity contribution in [1.29, 1.82) is 0 Å². The molecule has 2 saturated carbocycles. The maximum Gasteiger partial charge on any atom is 0.255 e. The van der Waals surface area contributed by atoms with Crippen LogP contribution >= 0.6 is 0 Å². The topological polar surface area (TPSA) is 59.3 Å². The molecule has 3 aliphatic carbocycles. The van der Waals surface area contributed by atoms with E-state index in [1.807, 2.05) is 0 Å². The monoisotopic (exact) mass is 315 g/mol. The quantitative estimate of drug-likeness (QED) is 0.926. The van der Waals surface area contributed by atoms with Crippen molar-refractivity contribution in [1.82, 2.24) is 5.32 Å². The lowest BCUT2D eigenvalue weighted by Gasteiger charge is -2.19. The summed E-state index contributed by atoms with van der Waals surface area (Å²) in [6, 6.07) is 0. The van der Waals surface area contributed by atoms with Crippen molar-refractivity contribution < 1.29 is 14.0 Å². The summed E-state index contributed by atoms with van der Waals surface area (Å²) in [4.78, 5) is 24.9. The van der Waals surface area contributed by atoms with Crippen LogP contribution in [0.25, 0.3) is 0 Å². The summed E-state index contributed by atoms with van der Waals surface area (Å²) < 4.78 is 5.69. The maximum absolute atomic E-state index is 12.7. The minimum absolute atomic E-state index is 0.0602. The van der Waals surface area contributed by atoms with Gasteiger partial charge in [-0.2, -0.15) is 0 Å². The molecule has 1 N–H and O–H groups in total. The number of carbonyl (C=O) groups is 2. The van der Waals surface area contributed by atoms with E-state index in [2.05, 4.69) is 5.32 Å². The van der Waals surface area contributed by atoms with Crippen LogP contribution in [0.1, 0.15) is 77.2 Å². The molecule has 124 valence electrons. The standard InChI is InChI=1S/C19H25NO3/c1-11-17(18-15(21)6-3-7-16(18)23-11)19(22)20-10-13-9-8-12-4-2-5-14(12)13/h12-14H,2-10H2,1H3,(H,20,22)/t12-,13+,14-/m0/s1. The van der Waals surface area contributed by atoms with Crippen molar-refractivity contribution in [2.75, 3.05) is 6.54 Å². The first kappa shape index (κ1) is 15.0. The van der Waals surface area contributed by atoms with Crippen LogP contribution in [0.2, 0.25) is 0 Å². The Bertz CT molecular complexity index is 645. The van der Waals surface area contributed by atoms with Crippen molar-refractivity contribution in [2.24, 2.45) is 17.8 Å². The van der Waals surface area contributed by atoms with Gasteiger partial charge < -0.3 is 9.73 Å². The average molecular weight is 315 g/mol. The molecule has 4 rings (SSSR count). The van der Waals surface area contributed by atoms with Crippen molar-refractivity contribution in [3.05, 3.63) is 22.6 Å². The predicted molar refractivity (Wildman–Crippen MR) is 86.6 cm³/mol. The Hall–Kier alpha value is -1.58. The van der Waals surface area contributed by atoms with Crippen molar-refractivity contribution in [3.8, 4) is 0 Å². The van der Waals surface area contributed by atoms with Gasteiger partial charge in [0.25, 0.3) is 5.91 Å². The van der Waals surface area contributed by atoms with Gasteiger partial charge >= 0.3 is 0 Å². The molecule has 23 heavy (non-hydrogen) atoms. The van der Waals surface area contributed by atoms with Crippen LogP contribution in [0.3, 0.4) is 0 Å². The van der Waals surface area contributed by atoms with Gasteiger partial charge in [0.2, 0.25) is 0 Å². The molecule has 1 aromatic rings. The van der Waals surface area contributed by atoms with Gasteiger partial charge in [0.15, 0.2) is 5.78 Å². The number of ketones is 1. The minimum Gasteiger partial charge on any atom is -0.465 e. The van der Waals surface area contributed by atoms with E-state index in [0.29, 0.717) is 35.0 Å². The Labute approximate surface area is 137 Å². The summed E-state index contributed by atoms with van der Waals surface area (Å²) in [6.07, 6.45) is 8.72. The molecular formula is C19H25NO3. The molecule has 0 aromatic carbocycles. The summed E-state index contributed by atoms with van der Waals surface area (Å²) in [5.74, 6) is 3.55. The van der Waals surface area contributed by atoms with E-state index in [1.54, 1.807) is 6.92 Å². The molecule has 0 unspecified atom stereocenters. The van der Waals surface area contributed by atoms with Gasteiger partial charge in [0.1, 0.15) is 11.5 Å². The van der Waals surface area contributed by atoms with Crippen LogP contribution in [0.4, 0.5) is 0 Å². The number of nitrogens with one attached hydrogen (secondary N) is 1. The molecule has 1 amide bonds. The van der Waals surface area contributed by atoms with E-state index >= 15 is 0 Å². The van der Waals surface area contributed by atoms with Crippen molar-refractivity contribution in [3.63, 3.8) is 0 Å². The number of carbonyl (C=O) groups excluding carboxylic acids is 2. The molecule has 1 aromatic heterocycles. The van der Waals surface area contributed by atoms with Crippen LogP contribution in [0.5, 0.6) is 0 Å². The largest absolute Gasteiger partial charge is 0.465 e. The molecule has 0 saturated heterocycles. The normalized spacial score (nSPS) is 29.4. The number of Topliss-reactive ketones (excluding diaryl/α,β-unsaturated/α-hetero) is 1. The second-order valence-corrected chi connectivity index (χ2v) is 7.51. The molecule has 2 fully saturated rings. The summed E-state index contributed by atoms with van der Waals surface area (Å²) in [7, 11) is 0. The molecule has 3 aliphatic rings. The Morgan fingerprint density at radius 2 is 2.04 bits per heavy atom. The number of aryl methyl sites for hydroxylation is 2. The van der Waals surface area contributed by atoms with Crippen LogP contribution in [-0.4, -0.2) is 18.2 Å². The smallest absolute Gasteiger partial charge is 0.255 e. The molecule has 3 atom stereocenters. The third-order valence-electron chi connectivity index (χ3n) is 6.23. The van der Waals surface area contributed by atoms with E-state index in [-0.39, 0.29) is 11.7 Å². The Morgan fingerprint density at radius 3 is 2.91 bits per heavy atom. The lowest BCUT2D eigenvalue weighted by Crippen LogP contribution is -2.32. The molecular weight excluding hydrogens is 290 g/mol. The molecule has 1 heterocycles. The number of rotatable bonds is 3. The number of furan rings is 1. The Kier molecular flexibility index (Phi) is 3.78. The first-order valence-corrected chi connectivity index (χ1v) is 9.09. The highest BCUT2D eigenvalue weighted by molar-refractivity contribution is 6.09. The number of hydrogen-bond acceptors (Lipinski definition) is 3. The van der Waals surface area contributed by atoms with Crippen molar-refractivity contribution >= 4 is 11.7 Å². The van der Waals surface area contributed by atoms with Gasteiger partial charge in [-0.1, -0.05) is 12.8 Å². The van der Waals surface area contributed by atoms with E-state index in [9.17, 15) is 9.59 Å². The fourth-order valence-electron chi connectivity index (χ4n) is 5.13. The minimum atomic E-state index is -0.121. The van der Waals surface area contributed by atoms with E-state index in [1.165, 1.54) is 32.1 Å². The lowest BCUT2D eigenvalue weighted by molar-refractivity contribution is 0.0920. The number of fused-ring (bicyclic) bond motifs is 2. The second-order valence-electron chi connectivity index (χ2n) is 7.51. The van der Waals surface area contributed by atoms with Gasteiger partial charge in [-0.05, 0) is 50.4 Å². The first-order valence-electron chi connectivity index (χ1n) is 9.09. The zero-order valence-corrected chi connectivity index (χ0v) is 13.8. The van der Waals surface area contributed by atoms with Gasteiger partial charge in [-0.3, -0.25) is 9.59 Å². The van der Waals surface area contributed by atoms with Gasteiger partial charge in [-0.15, -0.1) is 0 Å². The summed E-state index contributed by atoms with van der Waals surface area (Å²) >= 11 is 0. The second kappa shape index (κ2) is 5.81. The van der Waals surface area contributed by atoms with E-state index in [4.69, 9.17) is 4.42 Å². The fourth-order valence-corrected chi connectivity index (χ4v) is 5.13. The van der Waals surface area contributed by atoms with Gasteiger partial charge in [0.05, 0.1) is 11.1 Å². The number of amides is 1. The third kappa shape index (κ3) is 2.52. The van der Waals surface area contributed by atoms with Crippen molar-refractivity contribution in [2.45, 2.75) is 58.3 Å². The summed E-state index contributed by atoms with van der Waals surface area (Å²) in [5.41, 5.74) is 1.04. The highest BCUT2D eigenvalue weighted by Crippen LogP contribution is 2.47. The third-order valence-corrected chi connectivity index (χ3v) is 6.23. The summed E-state index contributed by atoms with van der Waals surface area (Å²) in [5, 5.41) is 3.10. The lowest BCUT2D eigenvalue weighted by atomic mass is 9.91. The molecule has 0 bridgehead atoms. The van der Waals surface area contributed by atoms with Gasteiger partial charge in [-0.25, -0.2) is 0 Å².